The van der Waals surface area contributed by atoms with Crippen molar-refractivity contribution in [2.45, 2.75) is 19.3 Å². The number of aliphatic carboxylic acids is 1. The van der Waals surface area contributed by atoms with Gasteiger partial charge in [-0.15, -0.1) is 0 Å². The number of fused-ring (bicyclic) bond motifs is 1. The van der Waals surface area contributed by atoms with E-state index in [4.69, 9.17) is 9.84 Å². The Hall–Kier alpha value is -2.04. The van der Waals surface area contributed by atoms with Crippen LogP contribution in [-0.2, 0) is 22.4 Å². The molecule has 0 unspecified atom stereocenters. The van der Waals surface area contributed by atoms with Crippen molar-refractivity contribution in [2.75, 3.05) is 12.4 Å². The van der Waals surface area contributed by atoms with Crippen molar-refractivity contribution < 1.29 is 19.4 Å². The fourth-order valence-electron chi connectivity index (χ4n) is 1.93. The van der Waals surface area contributed by atoms with Crippen LogP contribution in [0.25, 0.3) is 0 Å². The molecule has 0 saturated heterocycles. The van der Waals surface area contributed by atoms with Gasteiger partial charge in [0.25, 0.3) is 0 Å². The second-order valence-electron chi connectivity index (χ2n) is 3.95. The molecule has 5 heteroatoms. The average Bonchev–Trinajstić information content (AvgIpc) is 2.65. The van der Waals surface area contributed by atoms with Gasteiger partial charge in [0.05, 0.1) is 19.2 Å². The standard InChI is InChI=1S/C12H13NO4/c1-17-9-5-7(2-3-11(15)16)4-8-6-10(14)13-12(8)9/h4-5H,2-3,6H2,1H3,(H,13,14)(H,15,16). The predicted molar refractivity (Wildman–Crippen MR) is 61.3 cm³/mol. The first-order chi connectivity index (χ1) is 8.10. The number of nitrogens with one attached hydrogen (secondary N) is 1. The molecule has 90 valence electrons. The molecule has 0 aliphatic carbocycles. The molecule has 0 atom stereocenters. The van der Waals surface area contributed by atoms with Crippen LogP contribution in [0.2, 0.25) is 0 Å². The highest BCUT2D eigenvalue weighted by atomic mass is 16.5. The van der Waals surface area contributed by atoms with Gasteiger partial charge in [-0.1, -0.05) is 6.07 Å². The van der Waals surface area contributed by atoms with Crippen LogP contribution in [0.15, 0.2) is 12.1 Å². The molecule has 1 amide bonds. The lowest BCUT2D eigenvalue weighted by atomic mass is 10.0. The molecule has 2 rings (SSSR count). The second-order valence-corrected chi connectivity index (χ2v) is 3.95. The predicted octanol–water partition coefficient (Wildman–Crippen LogP) is 1.21. The van der Waals surface area contributed by atoms with Crippen LogP contribution in [0.1, 0.15) is 17.5 Å². The third-order valence-corrected chi connectivity index (χ3v) is 2.71. The first-order valence-electron chi connectivity index (χ1n) is 5.31. The van der Waals surface area contributed by atoms with Gasteiger partial charge >= 0.3 is 5.97 Å². The third kappa shape index (κ3) is 2.38. The van der Waals surface area contributed by atoms with E-state index in [1.54, 1.807) is 6.07 Å². The number of benzene rings is 1. The number of carbonyl (C=O) groups is 2. The monoisotopic (exact) mass is 235 g/mol. The summed E-state index contributed by atoms with van der Waals surface area (Å²) in [6.07, 6.45) is 0.836. The zero-order valence-electron chi connectivity index (χ0n) is 9.45. The molecular formula is C12H13NO4. The largest absolute Gasteiger partial charge is 0.495 e. The molecule has 0 radical (unpaired) electrons. The lowest BCUT2D eigenvalue weighted by molar-refractivity contribution is -0.137. The molecular weight excluding hydrogens is 222 g/mol. The minimum absolute atomic E-state index is 0.0614. The van der Waals surface area contributed by atoms with Crippen molar-refractivity contribution in [1.82, 2.24) is 0 Å². The van der Waals surface area contributed by atoms with Crippen molar-refractivity contribution in [1.29, 1.82) is 0 Å². The lowest BCUT2D eigenvalue weighted by Crippen LogP contribution is -2.04. The summed E-state index contributed by atoms with van der Waals surface area (Å²) in [5, 5.41) is 11.4. The molecule has 1 heterocycles. The van der Waals surface area contributed by atoms with E-state index >= 15 is 0 Å². The zero-order chi connectivity index (χ0) is 12.4. The summed E-state index contributed by atoms with van der Waals surface area (Å²) in [6, 6.07) is 3.63. The normalized spacial score (nSPS) is 13.1. The Morgan fingerprint density at radius 2 is 2.29 bits per heavy atom. The molecule has 0 fully saturated rings. The molecule has 1 aliphatic rings. The summed E-state index contributed by atoms with van der Waals surface area (Å²) < 4.78 is 5.19. The number of carboxylic acids is 1. The van der Waals surface area contributed by atoms with E-state index < -0.39 is 5.97 Å². The van der Waals surface area contributed by atoms with Gasteiger partial charge in [-0.3, -0.25) is 9.59 Å². The summed E-state index contributed by atoms with van der Waals surface area (Å²) >= 11 is 0. The van der Waals surface area contributed by atoms with Crippen LogP contribution in [0.5, 0.6) is 5.75 Å². The summed E-state index contributed by atoms with van der Waals surface area (Å²) in [6.45, 7) is 0. The average molecular weight is 235 g/mol. The number of anilines is 1. The molecule has 0 saturated carbocycles. The molecule has 0 aromatic heterocycles. The fourth-order valence-corrected chi connectivity index (χ4v) is 1.93. The molecule has 1 aromatic rings. The van der Waals surface area contributed by atoms with Crippen LogP contribution < -0.4 is 10.1 Å². The maximum absolute atomic E-state index is 11.3. The lowest BCUT2D eigenvalue weighted by Gasteiger charge is -2.09. The van der Waals surface area contributed by atoms with E-state index in [0.717, 1.165) is 11.1 Å². The van der Waals surface area contributed by atoms with E-state index in [0.29, 0.717) is 24.3 Å². The number of carboxylic acid groups (broad SMARTS) is 1. The summed E-state index contributed by atoms with van der Waals surface area (Å²) in [4.78, 5) is 21.8. The molecule has 1 aromatic carbocycles. The topological polar surface area (TPSA) is 75.6 Å². The van der Waals surface area contributed by atoms with Crippen molar-refractivity contribution in [3.05, 3.63) is 23.3 Å². The van der Waals surface area contributed by atoms with E-state index in [1.165, 1.54) is 7.11 Å². The molecule has 5 nitrogen and oxygen atoms in total. The van der Waals surface area contributed by atoms with Crippen molar-refractivity contribution in [3.8, 4) is 5.75 Å². The minimum Gasteiger partial charge on any atom is -0.495 e. The third-order valence-electron chi connectivity index (χ3n) is 2.71. The van der Waals surface area contributed by atoms with Crippen LogP contribution in [-0.4, -0.2) is 24.1 Å². The van der Waals surface area contributed by atoms with Crippen molar-refractivity contribution >= 4 is 17.6 Å². The first kappa shape index (κ1) is 11.4. The van der Waals surface area contributed by atoms with Gasteiger partial charge < -0.3 is 15.2 Å². The highest BCUT2D eigenvalue weighted by molar-refractivity contribution is 6.01. The highest BCUT2D eigenvalue weighted by Gasteiger charge is 2.22. The van der Waals surface area contributed by atoms with Gasteiger partial charge in [0, 0.05) is 6.42 Å². The van der Waals surface area contributed by atoms with Crippen LogP contribution in [0, 0.1) is 0 Å². The number of ether oxygens (including phenoxy) is 1. The molecule has 0 bridgehead atoms. The van der Waals surface area contributed by atoms with Gasteiger partial charge in [-0.2, -0.15) is 0 Å². The molecule has 0 spiro atoms. The highest BCUT2D eigenvalue weighted by Crippen LogP contribution is 2.34. The molecule has 2 N–H and O–H groups in total. The molecule has 1 aliphatic heterocycles. The smallest absolute Gasteiger partial charge is 0.303 e. The Bertz CT molecular complexity index is 482. The van der Waals surface area contributed by atoms with E-state index in [1.807, 2.05) is 6.07 Å². The number of hydrogen-bond donors (Lipinski definition) is 2. The van der Waals surface area contributed by atoms with Crippen LogP contribution in [0.4, 0.5) is 5.69 Å². The quantitative estimate of drug-likeness (QED) is 0.822. The Labute approximate surface area is 98.4 Å². The number of carbonyl (C=O) groups excluding carboxylic acids is 1. The Kier molecular flexibility index (Phi) is 2.99. The fraction of sp³-hybridized carbons (Fsp3) is 0.333. The number of hydrogen-bond acceptors (Lipinski definition) is 3. The second kappa shape index (κ2) is 4.45. The minimum atomic E-state index is -0.835. The van der Waals surface area contributed by atoms with Gasteiger partial charge in [-0.05, 0) is 23.6 Å². The number of aryl methyl sites for hydroxylation is 1. The Morgan fingerprint density at radius 1 is 1.53 bits per heavy atom. The SMILES string of the molecule is COc1cc(CCC(=O)O)cc2c1NC(=O)C2. The van der Waals surface area contributed by atoms with Gasteiger partial charge in [-0.25, -0.2) is 0 Å². The number of amides is 1. The van der Waals surface area contributed by atoms with Gasteiger partial charge in [0.15, 0.2) is 0 Å². The zero-order valence-corrected chi connectivity index (χ0v) is 9.45. The Morgan fingerprint density at radius 3 is 2.94 bits per heavy atom. The summed E-state index contributed by atoms with van der Waals surface area (Å²) in [7, 11) is 1.53. The maximum Gasteiger partial charge on any atom is 0.303 e. The number of methoxy groups -OCH3 is 1. The summed E-state index contributed by atoms with van der Waals surface area (Å²) in [5.41, 5.74) is 2.45. The maximum atomic E-state index is 11.3. The van der Waals surface area contributed by atoms with E-state index in [-0.39, 0.29) is 12.3 Å². The Balaban J connectivity index is 2.28. The van der Waals surface area contributed by atoms with Crippen LogP contribution >= 0.6 is 0 Å². The van der Waals surface area contributed by atoms with E-state index in [9.17, 15) is 9.59 Å². The summed E-state index contributed by atoms with van der Waals surface area (Å²) in [5.74, 6) is -0.305. The number of rotatable bonds is 4. The van der Waals surface area contributed by atoms with Crippen LogP contribution in [0.3, 0.4) is 0 Å². The van der Waals surface area contributed by atoms with Crippen molar-refractivity contribution in [2.24, 2.45) is 0 Å². The first-order valence-corrected chi connectivity index (χ1v) is 5.31. The van der Waals surface area contributed by atoms with Gasteiger partial charge in [0.1, 0.15) is 5.75 Å². The van der Waals surface area contributed by atoms with Gasteiger partial charge in [0.2, 0.25) is 5.91 Å². The molecule has 17 heavy (non-hydrogen) atoms. The van der Waals surface area contributed by atoms with E-state index in [2.05, 4.69) is 5.32 Å². The van der Waals surface area contributed by atoms with Crippen molar-refractivity contribution in [3.63, 3.8) is 0 Å².